The zero-order valence-electron chi connectivity index (χ0n) is 15.6. The third-order valence-corrected chi connectivity index (χ3v) is 5.63. The second kappa shape index (κ2) is 6.49. The number of aromatic nitrogens is 2. The fourth-order valence-electron chi connectivity index (χ4n) is 4.08. The molecule has 3 N–H and O–H groups in total. The Morgan fingerprint density at radius 3 is 2.93 bits per heavy atom. The Morgan fingerprint density at radius 2 is 2.19 bits per heavy atom. The van der Waals surface area contributed by atoms with Gasteiger partial charge in [-0.2, -0.15) is 0 Å². The summed E-state index contributed by atoms with van der Waals surface area (Å²) in [6, 6.07) is 9.54. The van der Waals surface area contributed by atoms with Crippen LogP contribution in [0.1, 0.15) is 47.4 Å². The van der Waals surface area contributed by atoms with Gasteiger partial charge in [-0.15, -0.1) is 0 Å². The highest BCUT2D eigenvalue weighted by Gasteiger charge is 2.52. The maximum absolute atomic E-state index is 13.1. The Kier molecular flexibility index (Phi) is 4.26. The van der Waals surface area contributed by atoms with Crippen molar-refractivity contribution < 1.29 is 14.6 Å². The van der Waals surface area contributed by atoms with Gasteiger partial charge in [-0.3, -0.25) is 4.79 Å². The molecule has 1 saturated heterocycles. The third kappa shape index (κ3) is 2.92. The van der Waals surface area contributed by atoms with Crippen molar-refractivity contribution in [2.45, 2.75) is 25.7 Å². The van der Waals surface area contributed by atoms with E-state index >= 15 is 0 Å². The highest BCUT2D eigenvalue weighted by molar-refractivity contribution is 5.93. The molecule has 0 bridgehead atoms. The molecule has 1 aromatic carbocycles. The maximum atomic E-state index is 13.1. The molecule has 0 radical (unpaired) electrons. The van der Waals surface area contributed by atoms with Crippen LogP contribution < -0.4 is 10.5 Å². The molecular formula is C20H24N4O3. The number of fused-ring (bicyclic) bond motifs is 3. The molecule has 0 saturated carbocycles. The van der Waals surface area contributed by atoms with E-state index in [1.54, 1.807) is 11.0 Å². The van der Waals surface area contributed by atoms with Crippen molar-refractivity contribution in [3.63, 3.8) is 0 Å². The van der Waals surface area contributed by atoms with Gasteiger partial charge in [0.05, 0.1) is 18.6 Å². The quantitative estimate of drug-likeness (QED) is 0.856. The fraction of sp³-hybridized carbons (Fsp3) is 0.450. The lowest BCUT2D eigenvalue weighted by Gasteiger charge is -2.37. The first-order chi connectivity index (χ1) is 12.9. The minimum absolute atomic E-state index is 0.0279. The molecule has 27 heavy (non-hydrogen) atoms. The molecule has 0 unspecified atom stereocenters. The number of anilines is 1. The second-order valence-electron chi connectivity index (χ2n) is 7.78. The van der Waals surface area contributed by atoms with E-state index in [9.17, 15) is 9.90 Å². The second-order valence-corrected chi connectivity index (χ2v) is 7.78. The van der Waals surface area contributed by atoms with E-state index in [1.165, 1.54) is 0 Å². The summed E-state index contributed by atoms with van der Waals surface area (Å²) in [7, 11) is 0. The highest BCUT2D eigenvalue weighted by atomic mass is 16.5. The van der Waals surface area contributed by atoms with Crippen LogP contribution in [0.15, 0.2) is 30.3 Å². The number of nitrogen functional groups attached to an aromatic ring is 1. The van der Waals surface area contributed by atoms with E-state index in [4.69, 9.17) is 10.5 Å². The zero-order chi connectivity index (χ0) is 19.2. The summed E-state index contributed by atoms with van der Waals surface area (Å²) < 4.78 is 5.89. The molecule has 1 aromatic heterocycles. The summed E-state index contributed by atoms with van der Waals surface area (Å²) in [5.74, 6) is 0.916. The van der Waals surface area contributed by atoms with Crippen molar-refractivity contribution in [1.82, 2.24) is 14.9 Å². The van der Waals surface area contributed by atoms with Crippen molar-refractivity contribution in [1.29, 1.82) is 0 Å². The molecular weight excluding hydrogens is 344 g/mol. The maximum Gasteiger partial charge on any atom is 0.272 e. The van der Waals surface area contributed by atoms with Gasteiger partial charge >= 0.3 is 0 Å². The van der Waals surface area contributed by atoms with Crippen LogP contribution in [0.5, 0.6) is 5.75 Å². The van der Waals surface area contributed by atoms with E-state index in [0.717, 1.165) is 17.0 Å². The number of aliphatic hydroxyl groups is 1. The van der Waals surface area contributed by atoms with Crippen LogP contribution in [0, 0.1) is 5.41 Å². The van der Waals surface area contributed by atoms with Gasteiger partial charge in [0.2, 0.25) is 5.95 Å². The SMILES string of the molecule is CC(C)c1cc(C(=O)N2C[C@@H]3c4ccccc4OC[C@]3(CO)C2)nc(N)n1. The van der Waals surface area contributed by atoms with Crippen molar-refractivity contribution >= 4 is 11.9 Å². The molecule has 2 aliphatic rings. The molecule has 2 atom stereocenters. The smallest absolute Gasteiger partial charge is 0.272 e. The van der Waals surface area contributed by atoms with Gasteiger partial charge < -0.3 is 20.5 Å². The number of ether oxygens (including phenoxy) is 1. The Labute approximate surface area is 158 Å². The topological polar surface area (TPSA) is 102 Å². The number of carbonyl (C=O) groups excluding carboxylic acids is 1. The van der Waals surface area contributed by atoms with Crippen molar-refractivity contribution in [3.8, 4) is 5.75 Å². The van der Waals surface area contributed by atoms with Gasteiger partial charge in [0.1, 0.15) is 11.4 Å². The molecule has 7 heteroatoms. The van der Waals surface area contributed by atoms with Crippen LogP contribution in [-0.4, -0.2) is 52.2 Å². The van der Waals surface area contributed by atoms with E-state index in [0.29, 0.717) is 25.4 Å². The number of carbonyl (C=O) groups is 1. The van der Waals surface area contributed by atoms with Gasteiger partial charge in [0.25, 0.3) is 5.91 Å². The molecule has 1 amide bonds. The highest BCUT2D eigenvalue weighted by Crippen LogP contribution is 2.49. The number of nitrogens with two attached hydrogens (primary N) is 1. The van der Waals surface area contributed by atoms with Crippen LogP contribution >= 0.6 is 0 Å². The number of nitrogens with zero attached hydrogens (tertiary/aromatic N) is 3. The normalized spacial score (nSPS) is 23.7. The van der Waals surface area contributed by atoms with Gasteiger partial charge in [-0.25, -0.2) is 9.97 Å². The average Bonchev–Trinajstić information content (AvgIpc) is 3.07. The standard InChI is InChI=1S/C20H24N4O3/c1-12(2)15-7-16(23-19(21)22-15)18(26)24-8-14-13-5-3-4-6-17(13)27-11-20(14,9-24)10-25/h3-7,12,14,25H,8-11H2,1-2H3,(H2,21,22,23)/t14-,20-/m1/s1. The Morgan fingerprint density at radius 1 is 1.41 bits per heavy atom. The largest absolute Gasteiger partial charge is 0.493 e. The minimum Gasteiger partial charge on any atom is -0.493 e. The predicted octanol–water partition coefficient (Wildman–Crippen LogP) is 1.79. The zero-order valence-corrected chi connectivity index (χ0v) is 15.6. The molecule has 2 aliphatic heterocycles. The van der Waals surface area contributed by atoms with Crippen LogP contribution in [0.4, 0.5) is 5.95 Å². The van der Waals surface area contributed by atoms with E-state index in [2.05, 4.69) is 9.97 Å². The third-order valence-electron chi connectivity index (χ3n) is 5.63. The van der Waals surface area contributed by atoms with Crippen LogP contribution in [-0.2, 0) is 0 Å². The summed E-state index contributed by atoms with van der Waals surface area (Å²) in [5.41, 5.74) is 7.40. The van der Waals surface area contributed by atoms with Gasteiger partial charge in [-0.1, -0.05) is 32.0 Å². The fourth-order valence-corrected chi connectivity index (χ4v) is 4.08. The molecule has 142 valence electrons. The minimum atomic E-state index is -0.497. The first kappa shape index (κ1) is 17.7. The first-order valence-electron chi connectivity index (χ1n) is 9.20. The molecule has 3 heterocycles. The number of para-hydroxylation sites is 1. The number of amides is 1. The number of hydrogen-bond donors (Lipinski definition) is 2. The predicted molar refractivity (Wildman–Crippen MR) is 101 cm³/mol. The lowest BCUT2D eigenvalue weighted by molar-refractivity contribution is 0.0439. The Hall–Kier alpha value is -2.67. The van der Waals surface area contributed by atoms with Gasteiger partial charge in [0, 0.05) is 24.7 Å². The van der Waals surface area contributed by atoms with Crippen molar-refractivity contribution in [3.05, 3.63) is 47.3 Å². The lowest BCUT2D eigenvalue weighted by atomic mass is 9.74. The summed E-state index contributed by atoms with van der Waals surface area (Å²) in [4.78, 5) is 23.3. The lowest BCUT2D eigenvalue weighted by Crippen LogP contribution is -2.42. The Balaban J connectivity index is 1.66. The van der Waals surface area contributed by atoms with Crippen LogP contribution in [0.25, 0.3) is 0 Å². The molecule has 0 aliphatic carbocycles. The van der Waals surface area contributed by atoms with Crippen molar-refractivity contribution in [2.24, 2.45) is 5.41 Å². The molecule has 0 spiro atoms. The summed E-state index contributed by atoms with van der Waals surface area (Å²) in [6.45, 7) is 5.27. The number of likely N-dealkylation sites (tertiary alicyclic amines) is 1. The molecule has 7 nitrogen and oxygen atoms in total. The van der Waals surface area contributed by atoms with Gasteiger partial charge in [-0.05, 0) is 23.6 Å². The summed E-state index contributed by atoms with van der Waals surface area (Å²) in [5, 5.41) is 10.1. The van der Waals surface area contributed by atoms with E-state index in [-0.39, 0.29) is 30.3 Å². The monoisotopic (exact) mass is 368 g/mol. The molecule has 2 aromatic rings. The average molecular weight is 368 g/mol. The first-order valence-corrected chi connectivity index (χ1v) is 9.20. The number of benzene rings is 1. The number of hydrogen-bond acceptors (Lipinski definition) is 6. The van der Waals surface area contributed by atoms with Crippen LogP contribution in [0.2, 0.25) is 0 Å². The molecule has 4 rings (SSSR count). The number of aliphatic hydroxyl groups excluding tert-OH is 1. The molecule has 1 fully saturated rings. The van der Waals surface area contributed by atoms with Gasteiger partial charge in [0.15, 0.2) is 0 Å². The van der Waals surface area contributed by atoms with E-state index < -0.39 is 5.41 Å². The van der Waals surface area contributed by atoms with Crippen molar-refractivity contribution in [2.75, 3.05) is 32.0 Å². The summed E-state index contributed by atoms with van der Waals surface area (Å²) >= 11 is 0. The van der Waals surface area contributed by atoms with E-state index in [1.807, 2.05) is 38.1 Å². The number of rotatable bonds is 3. The summed E-state index contributed by atoms with van der Waals surface area (Å²) in [6.07, 6.45) is 0. The Bertz CT molecular complexity index is 885. The van der Waals surface area contributed by atoms with Crippen LogP contribution in [0.3, 0.4) is 0 Å².